The van der Waals surface area contributed by atoms with Gasteiger partial charge in [0.05, 0.1) is 5.52 Å². The fourth-order valence-corrected chi connectivity index (χ4v) is 2.81. The van der Waals surface area contributed by atoms with Crippen molar-refractivity contribution in [1.82, 2.24) is 4.98 Å². The number of benzene rings is 2. The van der Waals surface area contributed by atoms with E-state index < -0.39 is 0 Å². The molecule has 2 aromatic carbocycles. The molecular weight excluding hydrogens is 232 g/mol. The summed E-state index contributed by atoms with van der Waals surface area (Å²) in [5.74, 6) is 0. The topological polar surface area (TPSA) is 24.9 Å². The third-order valence-electron chi connectivity index (χ3n) is 3.81. The lowest BCUT2D eigenvalue weighted by atomic mass is 10.0. The molecule has 96 valence electrons. The van der Waals surface area contributed by atoms with Crippen molar-refractivity contribution in [3.63, 3.8) is 0 Å². The van der Waals surface area contributed by atoms with Crippen LogP contribution in [0.3, 0.4) is 0 Å². The fourth-order valence-electron chi connectivity index (χ4n) is 2.81. The van der Waals surface area contributed by atoms with Crippen LogP contribution in [0.5, 0.6) is 0 Å². The van der Waals surface area contributed by atoms with E-state index in [1.807, 2.05) is 7.05 Å². The minimum Gasteiger partial charge on any atom is -0.387 e. The Labute approximate surface area is 113 Å². The highest BCUT2D eigenvalue weighted by Gasteiger charge is 2.11. The SMILES string of the molecule is CCc1nc2c(ccc3ccccc32)c(NC)c1C. The molecule has 2 nitrogen and oxygen atoms in total. The quantitative estimate of drug-likeness (QED) is 0.686. The Hall–Kier alpha value is -2.09. The van der Waals surface area contributed by atoms with Gasteiger partial charge in [-0.1, -0.05) is 43.3 Å². The zero-order chi connectivity index (χ0) is 13.4. The molecule has 0 aliphatic carbocycles. The number of hydrogen-bond donors (Lipinski definition) is 1. The van der Waals surface area contributed by atoms with E-state index in [2.05, 4.69) is 55.6 Å². The molecule has 3 aromatic rings. The Kier molecular flexibility index (Phi) is 2.86. The Balaban J connectivity index is 2.52. The van der Waals surface area contributed by atoms with Crippen LogP contribution in [0.2, 0.25) is 0 Å². The summed E-state index contributed by atoms with van der Waals surface area (Å²) in [4.78, 5) is 4.89. The summed E-state index contributed by atoms with van der Waals surface area (Å²) < 4.78 is 0. The highest BCUT2D eigenvalue weighted by molar-refractivity contribution is 6.09. The van der Waals surface area contributed by atoms with Crippen molar-refractivity contribution in [1.29, 1.82) is 0 Å². The zero-order valence-electron chi connectivity index (χ0n) is 11.6. The van der Waals surface area contributed by atoms with Crippen molar-refractivity contribution in [2.75, 3.05) is 12.4 Å². The van der Waals surface area contributed by atoms with Crippen molar-refractivity contribution in [2.45, 2.75) is 20.3 Å². The van der Waals surface area contributed by atoms with E-state index >= 15 is 0 Å². The number of nitrogens with zero attached hydrogens (tertiary/aromatic N) is 1. The highest BCUT2D eigenvalue weighted by Crippen LogP contribution is 2.32. The van der Waals surface area contributed by atoms with Crippen LogP contribution < -0.4 is 5.32 Å². The van der Waals surface area contributed by atoms with Crippen molar-refractivity contribution in [3.8, 4) is 0 Å². The van der Waals surface area contributed by atoms with Crippen LogP contribution in [0.15, 0.2) is 36.4 Å². The molecular formula is C17H18N2. The van der Waals surface area contributed by atoms with E-state index in [1.54, 1.807) is 0 Å². The van der Waals surface area contributed by atoms with Gasteiger partial charge in [-0.3, -0.25) is 4.98 Å². The first kappa shape index (κ1) is 12.0. The van der Waals surface area contributed by atoms with Crippen LogP contribution in [0.25, 0.3) is 21.7 Å². The van der Waals surface area contributed by atoms with Gasteiger partial charge in [0, 0.05) is 29.2 Å². The number of nitrogens with one attached hydrogen (secondary N) is 1. The van der Waals surface area contributed by atoms with Gasteiger partial charge in [-0.05, 0) is 24.3 Å². The first-order valence-electron chi connectivity index (χ1n) is 6.75. The number of hydrogen-bond acceptors (Lipinski definition) is 2. The second-order valence-electron chi connectivity index (χ2n) is 4.84. The average molecular weight is 250 g/mol. The standard InChI is InChI=1S/C17H18N2/c1-4-15-11(2)16(18-3)14-10-9-12-7-5-6-8-13(12)17(14)19-15/h5-10H,4H2,1-3H3,(H,18,19). The van der Waals surface area contributed by atoms with E-state index in [9.17, 15) is 0 Å². The Bertz CT molecular complexity index is 760. The van der Waals surface area contributed by atoms with E-state index in [4.69, 9.17) is 4.98 Å². The van der Waals surface area contributed by atoms with Crippen molar-refractivity contribution in [3.05, 3.63) is 47.7 Å². The average Bonchev–Trinajstić information content (AvgIpc) is 2.46. The fraction of sp³-hybridized carbons (Fsp3) is 0.235. The summed E-state index contributed by atoms with van der Waals surface area (Å²) in [5, 5.41) is 7.02. The summed E-state index contributed by atoms with van der Waals surface area (Å²) in [5.41, 5.74) is 4.73. The van der Waals surface area contributed by atoms with E-state index in [-0.39, 0.29) is 0 Å². The molecule has 0 fully saturated rings. The molecule has 0 saturated carbocycles. The predicted molar refractivity (Wildman–Crippen MR) is 82.9 cm³/mol. The zero-order valence-corrected chi connectivity index (χ0v) is 11.6. The number of rotatable bonds is 2. The van der Waals surface area contributed by atoms with E-state index in [0.29, 0.717) is 0 Å². The molecule has 0 radical (unpaired) electrons. The number of aryl methyl sites for hydroxylation is 1. The molecule has 2 heteroatoms. The van der Waals surface area contributed by atoms with Crippen LogP contribution in [-0.4, -0.2) is 12.0 Å². The van der Waals surface area contributed by atoms with Gasteiger partial charge in [0.1, 0.15) is 0 Å². The van der Waals surface area contributed by atoms with Crippen LogP contribution in [-0.2, 0) is 6.42 Å². The van der Waals surface area contributed by atoms with Crippen LogP contribution >= 0.6 is 0 Å². The van der Waals surface area contributed by atoms with Crippen molar-refractivity contribution in [2.24, 2.45) is 0 Å². The lowest BCUT2D eigenvalue weighted by Gasteiger charge is -2.14. The van der Waals surface area contributed by atoms with E-state index in [0.717, 1.165) is 11.9 Å². The number of pyridine rings is 1. The Morgan fingerprint density at radius 3 is 2.58 bits per heavy atom. The smallest absolute Gasteiger partial charge is 0.0804 e. The van der Waals surface area contributed by atoms with Crippen molar-refractivity contribution >= 4 is 27.4 Å². The molecule has 19 heavy (non-hydrogen) atoms. The summed E-state index contributed by atoms with van der Waals surface area (Å²) in [6.07, 6.45) is 0.958. The Morgan fingerprint density at radius 2 is 1.84 bits per heavy atom. The monoisotopic (exact) mass is 250 g/mol. The summed E-state index contributed by atoms with van der Waals surface area (Å²) >= 11 is 0. The van der Waals surface area contributed by atoms with Gasteiger partial charge < -0.3 is 5.32 Å². The molecule has 0 spiro atoms. The maximum atomic E-state index is 4.89. The second kappa shape index (κ2) is 4.54. The van der Waals surface area contributed by atoms with Gasteiger partial charge in [0.25, 0.3) is 0 Å². The molecule has 0 saturated heterocycles. The minimum absolute atomic E-state index is 0.958. The first-order valence-corrected chi connectivity index (χ1v) is 6.75. The summed E-state index contributed by atoms with van der Waals surface area (Å²) in [7, 11) is 1.98. The number of anilines is 1. The van der Waals surface area contributed by atoms with Crippen LogP contribution in [0.1, 0.15) is 18.2 Å². The molecule has 1 heterocycles. The maximum absolute atomic E-state index is 4.89. The molecule has 0 aliphatic rings. The summed E-state index contributed by atoms with van der Waals surface area (Å²) in [6.45, 7) is 4.30. The first-order chi connectivity index (χ1) is 9.26. The molecule has 0 unspecified atom stereocenters. The third kappa shape index (κ3) is 1.75. The normalized spacial score (nSPS) is 11.1. The van der Waals surface area contributed by atoms with Gasteiger partial charge in [0.2, 0.25) is 0 Å². The molecule has 0 bridgehead atoms. The lowest BCUT2D eigenvalue weighted by Crippen LogP contribution is -2.01. The lowest BCUT2D eigenvalue weighted by molar-refractivity contribution is 1.03. The van der Waals surface area contributed by atoms with Gasteiger partial charge >= 0.3 is 0 Å². The van der Waals surface area contributed by atoms with E-state index in [1.165, 1.54) is 33.1 Å². The Morgan fingerprint density at radius 1 is 1.05 bits per heavy atom. The molecule has 1 N–H and O–H groups in total. The molecule has 0 aliphatic heterocycles. The highest BCUT2D eigenvalue weighted by atomic mass is 14.8. The third-order valence-corrected chi connectivity index (χ3v) is 3.81. The second-order valence-corrected chi connectivity index (χ2v) is 4.84. The predicted octanol–water partition coefficient (Wildman–Crippen LogP) is 4.30. The van der Waals surface area contributed by atoms with Crippen LogP contribution in [0.4, 0.5) is 5.69 Å². The summed E-state index contributed by atoms with van der Waals surface area (Å²) in [6, 6.07) is 12.8. The largest absolute Gasteiger partial charge is 0.387 e. The molecule has 0 amide bonds. The van der Waals surface area contributed by atoms with Gasteiger partial charge in [0.15, 0.2) is 0 Å². The van der Waals surface area contributed by atoms with Gasteiger partial charge in [-0.2, -0.15) is 0 Å². The van der Waals surface area contributed by atoms with Crippen LogP contribution in [0, 0.1) is 6.92 Å². The number of aromatic nitrogens is 1. The van der Waals surface area contributed by atoms with Gasteiger partial charge in [-0.15, -0.1) is 0 Å². The minimum atomic E-state index is 0.958. The van der Waals surface area contributed by atoms with Gasteiger partial charge in [-0.25, -0.2) is 0 Å². The molecule has 0 atom stereocenters. The number of fused-ring (bicyclic) bond motifs is 3. The maximum Gasteiger partial charge on any atom is 0.0804 e. The van der Waals surface area contributed by atoms with Crippen molar-refractivity contribution < 1.29 is 0 Å². The molecule has 1 aromatic heterocycles. The molecule has 3 rings (SSSR count).